The molecule has 0 N–H and O–H groups in total. The summed E-state index contributed by atoms with van der Waals surface area (Å²) in [6.07, 6.45) is 0. The van der Waals surface area contributed by atoms with Crippen LogP contribution in [0.5, 0.6) is 0 Å². The summed E-state index contributed by atoms with van der Waals surface area (Å²) in [5, 5.41) is 3.32. The van der Waals surface area contributed by atoms with Crippen LogP contribution in [-0.2, 0) is 4.79 Å². The van der Waals surface area contributed by atoms with Crippen LogP contribution < -0.4 is 0 Å². The molecular weight excluding hydrogens is 254 g/mol. The summed E-state index contributed by atoms with van der Waals surface area (Å²) >= 11 is 1.71. The van der Waals surface area contributed by atoms with Crippen molar-refractivity contribution in [2.75, 3.05) is 14.1 Å². The Balaban J connectivity index is 2.54. The number of hydrogen-bond acceptors (Lipinski definition) is 3. The Morgan fingerprint density at radius 1 is 1.21 bits per heavy atom. The number of fused-ring (bicyclic) bond motifs is 1. The van der Waals surface area contributed by atoms with Crippen LogP contribution in [0.25, 0.3) is 10.1 Å². The van der Waals surface area contributed by atoms with Crippen molar-refractivity contribution in [2.24, 2.45) is 5.41 Å². The van der Waals surface area contributed by atoms with E-state index in [-0.39, 0.29) is 17.2 Å². The molecule has 102 valence electrons. The van der Waals surface area contributed by atoms with E-state index in [1.165, 1.54) is 10.1 Å². The predicted molar refractivity (Wildman–Crippen MR) is 82.7 cm³/mol. The molecule has 0 amide bonds. The van der Waals surface area contributed by atoms with Gasteiger partial charge in [0.15, 0.2) is 5.78 Å². The smallest absolute Gasteiger partial charge is 0.159 e. The van der Waals surface area contributed by atoms with Crippen LogP contribution in [-0.4, -0.2) is 24.8 Å². The Kier molecular flexibility index (Phi) is 3.79. The topological polar surface area (TPSA) is 20.3 Å². The Hall–Kier alpha value is -1.19. The fourth-order valence-electron chi connectivity index (χ4n) is 2.27. The van der Waals surface area contributed by atoms with E-state index in [1.54, 1.807) is 11.3 Å². The molecule has 0 radical (unpaired) electrons. The first-order valence-corrected chi connectivity index (χ1v) is 7.37. The molecule has 3 heteroatoms. The Labute approximate surface area is 119 Å². The number of carbonyl (C=O) groups is 1. The molecule has 2 aromatic rings. The summed E-state index contributed by atoms with van der Waals surface area (Å²) in [5.41, 5.74) is 0.795. The lowest BCUT2D eigenvalue weighted by atomic mass is 9.83. The van der Waals surface area contributed by atoms with Crippen LogP contribution in [0.3, 0.4) is 0 Å². The molecule has 0 spiro atoms. The SMILES string of the molecule is CN(C)C(C(=O)C(C)(C)C)c1csc2ccccc12. The molecule has 0 aliphatic rings. The molecular formula is C16H21NOS. The molecule has 0 aliphatic carbocycles. The molecule has 0 saturated heterocycles. The third-order valence-corrected chi connectivity index (χ3v) is 4.29. The number of hydrogen-bond donors (Lipinski definition) is 0. The number of likely N-dealkylation sites (N-methyl/N-ethyl adjacent to an activating group) is 1. The minimum absolute atomic E-state index is 0.170. The fraction of sp³-hybridized carbons (Fsp3) is 0.438. The maximum Gasteiger partial charge on any atom is 0.159 e. The van der Waals surface area contributed by atoms with Gasteiger partial charge < -0.3 is 0 Å². The van der Waals surface area contributed by atoms with Crippen molar-refractivity contribution < 1.29 is 4.79 Å². The molecule has 0 fully saturated rings. The maximum atomic E-state index is 12.7. The minimum atomic E-state index is -0.335. The number of carbonyl (C=O) groups excluding carboxylic acids is 1. The third kappa shape index (κ3) is 2.72. The van der Waals surface area contributed by atoms with Crippen LogP contribution in [0.2, 0.25) is 0 Å². The monoisotopic (exact) mass is 275 g/mol. The summed E-state index contributed by atoms with van der Waals surface area (Å²) in [6.45, 7) is 5.96. The van der Waals surface area contributed by atoms with Gasteiger partial charge in [0, 0.05) is 10.1 Å². The molecule has 1 aromatic heterocycles. The number of nitrogens with zero attached hydrogens (tertiary/aromatic N) is 1. The largest absolute Gasteiger partial charge is 0.297 e. The summed E-state index contributed by atoms with van der Waals surface area (Å²) in [7, 11) is 3.95. The van der Waals surface area contributed by atoms with Gasteiger partial charge in [0.2, 0.25) is 0 Å². The van der Waals surface area contributed by atoms with Gasteiger partial charge in [-0.25, -0.2) is 0 Å². The first-order chi connectivity index (χ1) is 8.82. The number of benzene rings is 1. The van der Waals surface area contributed by atoms with Gasteiger partial charge in [0.05, 0.1) is 6.04 Å². The third-order valence-electron chi connectivity index (χ3n) is 3.31. The van der Waals surface area contributed by atoms with Gasteiger partial charge in [-0.1, -0.05) is 39.0 Å². The summed E-state index contributed by atoms with van der Waals surface area (Å²) in [4.78, 5) is 14.7. The van der Waals surface area contributed by atoms with Crippen LogP contribution in [0.1, 0.15) is 32.4 Å². The molecule has 0 saturated carbocycles. The van der Waals surface area contributed by atoms with Crippen molar-refractivity contribution in [1.29, 1.82) is 0 Å². The quantitative estimate of drug-likeness (QED) is 0.840. The van der Waals surface area contributed by atoms with Crippen molar-refractivity contribution >= 4 is 27.2 Å². The highest BCUT2D eigenvalue weighted by atomic mass is 32.1. The van der Waals surface area contributed by atoms with Gasteiger partial charge in [0.25, 0.3) is 0 Å². The van der Waals surface area contributed by atoms with E-state index in [4.69, 9.17) is 0 Å². The molecule has 2 rings (SSSR count). The van der Waals surface area contributed by atoms with Gasteiger partial charge in [-0.15, -0.1) is 11.3 Å². The first-order valence-electron chi connectivity index (χ1n) is 6.49. The zero-order valence-corrected chi connectivity index (χ0v) is 13.0. The molecule has 1 unspecified atom stereocenters. The molecule has 19 heavy (non-hydrogen) atoms. The molecule has 2 nitrogen and oxygen atoms in total. The number of thiophene rings is 1. The van der Waals surface area contributed by atoms with E-state index < -0.39 is 0 Å². The number of ketones is 1. The number of Topliss-reactive ketones (excluding diaryl/α,β-unsaturated/α-hetero) is 1. The zero-order valence-electron chi connectivity index (χ0n) is 12.2. The highest BCUT2D eigenvalue weighted by Crippen LogP contribution is 2.36. The van der Waals surface area contributed by atoms with Gasteiger partial charge in [-0.3, -0.25) is 9.69 Å². The van der Waals surface area contributed by atoms with Crippen LogP contribution in [0.4, 0.5) is 0 Å². The van der Waals surface area contributed by atoms with E-state index in [0.717, 1.165) is 5.56 Å². The zero-order chi connectivity index (χ0) is 14.2. The molecule has 1 aromatic carbocycles. The second-order valence-electron chi connectivity index (χ2n) is 6.17. The fourth-order valence-corrected chi connectivity index (χ4v) is 3.25. The lowest BCUT2D eigenvalue weighted by Gasteiger charge is -2.29. The van der Waals surface area contributed by atoms with E-state index >= 15 is 0 Å². The number of rotatable bonds is 3. The summed E-state index contributed by atoms with van der Waals surface area (Å²) < 4.78 is 1.24. The van der Waals surface area contributed by atoms with Crippen molar-refractivity contribution in [3.05, 3.63) is 35.2 Å². The summed E-state index contributed by atoms with van der Waals surface area (Å²) in [5.74, 6) is 0.265. The molecule has 1 atom stereocenters. The second kappa shape index (κ2) is 5.06. The Bertz CT molecular complexity index is 592. The molecule has 1 heterocycles. The van der Waals surface area contributed by atoms with Gasteiger partial charge in [0.1, 0.15) is 0 Å². The van der Waals surface area contributed by atoms with Crippen molar-refractivity contribution in [2.45, 2.75) is 26.8 Å². The Morgan fingerprint density at radius 2 is 1.84 bits per heavy atom. The van der Waals surface area contributed by atoms with Gasteiger partial charge >= 0.3 is 0 Å². The van der Waals surface area contributed by atoms with Crippen LogP contribution in [0, 0.1) is 5.41 Å². The lowest BCUT2D eigenvalue weighted by molar-refractivity contribution is -0.131. The highest BCUT2D eigenvalue weighted by molar-refractivity contribution is 7.17. The van der Waals surface area contributed by atoms with Crippen LogP contribution >= 0.6 is 11.3 Å². The van der Waals surface area contributed by atoms with Gasteiger partial charge in [-0.05, 0) is 36.5 Å². The highest BCUT2D eigenvalue weighted by Gasteiger charge is 2.33. The maximum absolute atomic E-state index is 12.7. The predicted octanol–water partition coefficient (Wildman–Crippen LogP) is 4.12. The van der Waals surface area contributed by atoms with Crippen molar-refractivity contribution in [3.63, 3.8) is 0 Å². The standard InChI is InChI=1S/C16H21NOS/c1-16(2,3)15(18)14(17(4)5)12-10-19-13-9-7-6-8-11(12)13/h6-10,14H,1-5H3. The second-order valence-corrected chi connectivity index (χ2v) is 7.08. The van der Waals surface area contributed by atoms with E-state index in [1.807, 2.05) is 51.9 Å². The Morgan fingerprint density at radius 3 is 2.42 bits per heavy atom. The van der Waals surface area contributed by atoms with E-state index in [2.05, 4.69) is 17.5 Å². The molecule has 0 bridgehead atoms. The average Bonchev–Trinajstić information content (AvgIpc) is 2.72. The van der Waals surface area contributed by atoms with Crippen molar-refractivity contribution in [3.8, 4) is 0 Å². The first kappa shape index (κ1) is 14.2. The van der Waals surface area contributed by atoms with E-state index in [0.29, 0.717) is 0 Å². The van der Waals surface area contributed by atoms with E-state index in [9.17, 15) is 4.79 Å². The molecule has 0 aliphatic heterocycles. The van der Waals surface area contributed by atoms with Crippen LogP contribution in [0.15, 0.2) is 29.6 Å². The average molecular weight is 275 g/mol. The lowest BCUT2D eigenvalue weighted by Crippen LogP contribution is -2.35. The van der Waals surface area contributed by atoms with Crippen molar-refractivity contribution in [1.82, 2.24) is 4.90 Å². The minimum Gasteiger partial charge on any atom is -0.297 e. The normalized spacial score (nSPS) is 14.0. The summed E-state index contributed by atoms with van der Waals surface area (Å²) in [6, 6.07) is 8.12. The van der Waals surface area contributed by atoms with Gasteiger partial charge in [-0.2, -0.15) is 0 Å².